The van der Waals surface area contributed by atoms with Crippen LogP contribution in [0.15, 0.2) is 36.7 Å². The number of nitrogens with zero attached hydrogens (tertiary/aromatic N) is 3. The largest absolute Gasteiger partial charge is 0.299 e. The number of hydrogen-bond acceptors (Lipinski definition) is 3. The molecule has 0 spiro atoms. The Morgan fingerprint density at radius 1 is 1.25 bits per heavy atom. The van der Waals surface area contributed by atoms with Gasteiger partial charge in [0.2, 0.25) is 0 Å². The normalized spacial score (nSPS) is 12.3. The fraction of sp³-hybridized carbons (Fsp3) is 0.438. The average Bonchev–Trinajstić information content (AvgIpc) is 2.88. The SMILES string of the molecule is CCCn1ncnc1CC(=O)C(CC)c1ccccc1. The summed E-state index contributed by atoms with van der Waals surface area (Å²) >= 11 is 0. The number of carbonyl (C=O) groups excluding carboxylic acids is 1. The molecular weight excluding hydrogens is 250 g/mol. The highest BCUT2D eigenvalue weighted by atomic mass is 16.1. The van der Waals surface area contributed by atoms with Gasteiger partial charge in [-0.05, 0) is 18.4 Å². The Hall–Kier alpha value is -1.97. The molecule has 0 saturated heterocycles. The van der Waals surface area contributed by atoms with Gasteiger partial charge in [-0.15, -0.1) is 0 Å². The van der Waals surface area contributed by atoms with Gasteiger partial charge < -0.3 is 0 Å². The summed E-state index contributed by atoms with van der Waals surface area (Å²) < 4.78 is 1.83. The summed E-state index contributed by atoms with van der Waals surface area (Å²) in [6.07, 6.45) is 3.68. The molecule has 1 atom stereocenters. The fourth-order valence-electron chi connectivity index (χ4n) is 2.44. The number of Topliss-reactive ketones (excluding diaryl/α,β-unsaturated/α-hetero) is 1. The third kappa shape index (κ3) is 3.32. The second-order valence-electron chi connectivity index (χ2n) is 4.91. The van der Waals surface area contributed by atoms with Gasteiger partial charge in [-0.2, -0.15) is 5.10 Å². The highest BCUT2D eigenvalue weighted by Crippen LogP contribution is 2.21. The molecule has 0 fully saturated rings. The molecule has 0 amide bonds. The molecule has 0 radical (unpaired) electrons. The van der Waals surface area contributed by atoms with E-state index in [1.807, 2.05) is 41.9 Å². The molecule has 1 aromatic carbocycles. The van der Waals surface area contributed by atoms with Crippen molar-refractivity contribution in [2.75, 3.05) is 0 Å². The lowest BCUT2D eigenvalue weighted by molar-refractivity contribution is -0.120. The van der Waals surface area contributed by atoms with Gasteiger partial charge in [-0.3, -0.25) is 4.79 Å². The molecule has 4 heteroatoms. The van der Waals surface area contributed by atoms with E-state index in [0.717, 1.165) is 30.8 Å². The predicted molar refractivity (Wildman–Crippen MR) is 78.5 cm³/mol. The summed E-state index contributed by atoms with van der Waals surface area (Å²) in [5.74, 6) is 0.929. The average molecular weight is 271 g/mol. The molecule has 0 N–H and O–H groups in total. The summed E-state index contributed by atoms with van der Waals surface area (Å²) in [7, 11) is 0. The van der Waals surface area contributed by atoms with E-state index < -0.39 is 0 Å². The predicted octanol–water partition coefficient (Wildman–Crippen LogP) is 2.99. The van der Waals surface area contributed by atoms with E-state index in [0.29, 0.717) is 6.42 Å². The first-order chi connectivity index (χ1) is 9.76. The highest BCUT2D eigenvalue weighted by molar-refractivity contribution is 5.87. The van der Waals surface area contributed by atoms with Crippen molar-refractivity contribution in [1.29, 1.82) is 0 Å². The van der Waals surface area contributed by atoms with Gasteiger partial charge in [-0.1, -0.05) is 44.2 Å². The van der Waals surface area contributed by atoms with Crippen molar-refractivity contribution in [3.8, 4) is 0 Å². The fourth-order valence-corrected chi connectivity index (χ4v) is 2.44. The minimum Gasteiger partial charge on any atom is -0.299 e. The number of aryl methyl sites for hydroxylation is 1. The van der Waals surface area contributed by atoms with Gasteiger partial charge in [0.05, 0.1) is 6.42 Å². The van der Waals surface area contributed by atoms with Crippen molar-refractivity contribution in [2.45, 2.75) is 45.6 Å². The first-order valence-electron chi connectivity index (χ1n) is 7.20. The van der Waals surface area contributed by atoms with Crippen molar-refractivity contribution in [3.05, 3.63) is 48.0 Å². The van der Waals surface area contributed by atoms with E-state index in [1.54, 1.807) is 0 Å². The lowest BCUT2D eigenvalue weighted by atomic mass is 9.90. The van der Waals surface area contributed by atoms with Crippen LogP contribution >= 0.6 is 0 Å². The topological polar surface area (TPSA) is 47.8 Å². The number of ketones is 1. The van der Waals surface area contributed by atoms with Crippen LogP contribution in [0, 0.1) is 0 Å². The minimum absolute atomic E-state index is 0.0528. The molecule has 0 aliphatic heterocycles. The van der Waals surface area contributed by atoms with Gasteiger partial charge in [0.15, 0.2) is 0 Å². The van der Waals surface area contributed by atoms with E-state index in [4.69, 9.17) is 0 Å². The quantitative estimate of drug-likeness (QED) is 0.777. The van der Waals surface area contributed by atoms with Gasteiger partial charge in [0, 0.05) is 12.5 Å². The van der Waals surface area contributed by atoms with Crippen LogP contribution < -0.4 is 0 Å². The second kappa shape index (κ2) is 6.98. The molecule has 0 saturated carbocycles. The Labute approximate surface area is 119 Å². The van der Waals surface area contributed by atoms with Crippen LogP contribution in [0.2, 0.25) is 0 Å². The molecule has 1 aromatic heterocycles. The smallest absolute Gasteiger partial charge is 0.147 e. The van der Waals surface area contributed by atoms with Crippen LogP contribution in [0.1, 0.15) is 44.0 Å². The Bertz CT molecular complexity index is 548. The molecule has 1 heterocycles. The molecule has 20 heavy (non-hydrogen) atoms. The van der Waals surface area contributed by atoms with Crippen LogP contribution in [0.3, 0.4) is 0 Å². The van der Waals surface area contributed by atoms with Gasteiger partial charge in [0.25, 0.3) is 0 Å². The van der Waals surface area contributed by atoms with E-state index in [-0.39, 0.29) is 11.7 Å². The zero-order chi connectivity index (χ0) is 14.4. The first kappa shape index (κ1) is 14.4. The number of rotatable bonds is 7. The molecule has 0 bridgehead atoms. The van der Waals surface area contributed by atoms with Crippen LogP contribution in [-0.4, -0.2) is 20.5 Å². The van der Waals surface area contributed by atoms with Gasteiger partial charge in [0.1, 0.15) is 17.9 Å². The standard InChI is InChI=1S/C16H21N3O/c1-3-10-19-16(17-12-18-19)11-15(20)14(4-2)13-8-6-5-7-9-13/h5-9,12,14H,3-4,10-11H2,1-2H3. The molecular formula is C16H21N3O. The van der Waals surface area contributed by atoms with Gasteiger partial charge >= 0.3 is 0 Å². The summed E-state index contributed by atoms with van der Waals surface area (Å²) in [4.78, 5) is 16.7. The maximum atomic E-state index is 12.5. The third-order valence-corrected chi connectivity index (χ3v) is 3.46. The Kier molecular flexibility index (Phi) is 5.04. The molecule has 1 unspecified atom stereocenters. The molecule has 2 aromatic rings. The van der Waals surface area contributed by atoms with Gasteiger partial charge in [-0.25, -0.2) is 9.67 Å². The van der Waals surface area contributed by atoms with Crippen molar-refractivity contribution in [3.63, 3.8) is 0 Å². The zero-order valence-corrected chi connectivity index (χ0v) is 12.1. The van der Waals surface area contributed by atoms with Crippen LogP contribution in [-0.2, 0) is 17.8 Å². The van der Waals surface area contributed by atoms with Crippen molar-refractivity contribution in [1.82, 2.24) is 14.8 Å². The lowest BCUT2D eigenvalue weighted by Crippen LogP contribution is -2.17. The second-order valence-corrected chi connectivity index (χ2v) is 4.91. The maximum Gasteiger partial charge on any atom is 0.147 e. The molecule has 0 aliphatic carbocycles. The van der Waals surface area contributed by atoms with Crippen molar-refractivity contribution < 1.29 is 4.79 Å². The number of benzene rings is 1. The highest BCUT2D eigenvalue weighted by Gasteiger charge is 2.20. The number of hydrogen-bond donors (Lipinski definition) is 0. The van der Waals surface area contributed by atoms with Crippen molar-refractivity contribution >= 4 is 5.78 Å². The first-order valence-corrected chi connectivity index (χ1v) is 7.20. The Morgan fingerprint density at radius 3 is 2.65 bits per heavy atom. The summed E-state index contributed by atoms with van der Waals surface area (Å²) in [5, 5.41) is 4.17. The molecule has 106 valence electrons. The zero-order valence-electron chi connectivity index (χ0n) is 12.1. The Balaban J connectivity index is 2.12. The minimum atomic E-state index is -0.0528. The van der Waals surface area contributed by atoms with E-state index in [9.17, 15) is 4.79 Å². The summed E-state index contributed by atoms with van der Waals surface area (Å²) in [6, 6.07) is 9.96. The van der Waals surface area contributed by atoms with Crippen LogP contribution in [0.5, 0.6) is 0 Å². The maximum absolute atomic E-state index is 12.5. The molecule has 4 nitrogen and oxygen atoms in total. The van der Waals surface area contributed by atoms with E-state index in [1.165, 1.54) is 6.33 Å². The molecule has 2 rings (SSSR count). The van der Waals surface area contributed by atoms with Crippen LogP contribution in [0.4, 0.5) is 0 Å². The monoisotopic (exact) mass is 271 g/mol. The summed E-state index contributed by atoms with van der Waals surface area (Å²) in [5.41, 5.74) is 1.08. The number of carbonyl (C=O) groups is 1. The summed E-state index contributed by atoms with van der Waals surface area (Å²) in [6.45, 7) is 4.95. The Morgan fingerprint density at radius 2 is 2.00 bits per heavy atom. The third-order valence-electron chi connectivity index (χ3n) is 3.46. The molecule has 0 aliphatic rings. The van der Waals surface area contributed by atoms with E-state index in [2.05, 4.69) is 17.0 Å². The number of aromatic nitrogens is 3. The van der Waals surface area contributed by atoms with Crippen LogP contribution in [0.25, 0.3) is 0 Å². The van der Waals surface area contributed by atoms with E-state index >= 15 is 0 Å². The lowest BCUT2D eigenvalue weighted by Gasteiger charge is -2.14. The van der Waals surface area contributed by atoms with Crippen molar-refractivity contribution in [2.24, 2.45) is 0 Å².